The second kappa shape index (κ2) is 6.09. The largest absolute Gasteiger partial charge is 0.478 e. The highest BCUT2D eigenvalue weighted by molar-refractivity contribution is 7.89. The van der Waals surface area contributed by atoms with Crippen LogP contribution in [0.5, 0.6) is 0 Å². The molecule has 1 aromatic rings. The van der Waals surface area contributed by atoms with Crippen LogP contribution in [0.2, 0.25) is 0 Å². The Morgan fingerprint density at radius 3 is 2.63 bits per heavy atom. The number of rotatable bonds is 6. The van der Waals surface area contributed by atoms with Gasteiger partial charge >= 0.3 is 5.97 Å². The Labute approximate surface area is 110 Å². The molecule has 0 aromatic heterocycles. The van der Waals surface area contributed by atoms with Gasteiger partial charge in [-0.15, -0.1) is 0 Å². The van der Waals surface area contributed by atoms with Crippen molar-refractivity contribution in [1.82, 2.24) is 4.89 Å². The SMILES string of the molecule is CC(C)CONS(=O)(=O)c1cc(C(=O)O)ccc1F. The third-order valence-electron chi connectivity index (χ3n) is 2.05. The maximum absolute atomic E-state index is 13.4. The number of nitrogens with one attached hydrogen (secondary N) is 1. The molecule has 0 aliphatic carbocycles. The van der Waals surface area contributed by atoms with Crippen molar-refractivity contribution in [2.75, 3.05) is 6.61 Å². The first-order valence-corrected chi connectivity index (χ1v) is 6.89. The first-order chi connectivity index (χ1) is 8.74. The van der Waals surface area contributed by atoms with Crippen LogP contribution in [0.4, 0.5) is 4.39 Å². The average Bonchev–Trinajstić information content (AvgIpc) is 2.28. The fourth-order valence-electron chi connectivity index (χ4n) is 1.17. The quantitative estimate of drug-likeness (QED) is 0.773. The van der Waals surface area contributed by atoms with Crippen molar-refractivity contribution in [2.24, 2.45) is 5.92 Å². The Morgan fingerprint density at radius 2 is 2.11 bits per heavy atom. The van der Waals surface area contributed by atoms with E-state index in [4.69, 9.17) is 9.94 Å². The minimum absolute atomic E-state index is 0.0814. The predicted molar refractivity (Wildman–Crippen MR) is 64.5 cm³/mol. The first-order valence-electron chi connectivity index (χ1n) is 5.40. The molecule has 0 bridgehead atoms. The van der Waals surface area contributed by atoms with Gasteiger partial charge in [-0.25, -0.2) is 17.6 Å². The Morgan fingerprint density at radius 1 is 1.47 bits per heavy atom. The summed E-state index contributed by atoms with van der Waals surface area (Å²) in [5, 5.41) is 8.75. The second-order valence-corrected chi connectivity index (χ2v) is 5.86. The molecule has 1 aromatic carbocycles. The lowest BCUT2D eigenvalue weighted by Gasteiger charge is -2.10. The van der Waals surface area contributed by atoms with Gasteiger partial charge in [0.05, 0.1) is 12.2 Å². The van der Waals surface area contributed by atoms with E-state index in [1.54, 1.807) is 18.7 Å². The summed E-state index contributed by atoms with van der Waals surface area (Å²) in [5.74, 6) is -2.32. The van der Waals surface area contributed by atoms with Gasteiger partial charge in [0.1, 0.15) is 10.7 Å². The van der Waals surface area contributed by atoms with Gasteiger partial charge in [0.25, 0.3) is 10.0 Å². The highest BCUT2D eigenvalue weighted by Gasteiger charge is 2.21. The maximum Gasteiger partial charge on any atom is 0.335 e. The molecule has 0 saturated carbocycles. The molecule has 19 heavy (non-hydrogen) atoms. The highest BCUT2D eigenvalue weighted by Crippen LogP contribution is 2.16. The van der Waals surface area contributed by atoms with Gasteiger partial charge in [-0.05, 0) is 24.1 Å². The number of hydrogen-bond donors (Lipinski definition) is 2. The average molecular weight is 291 g/mol. The van der Waals surface area contributed by atoms with Crippen LogP contribution in [0.15, 0.2) is 23.1 Å². The van der Waals surface area contributed by atoms with Crippen LogP contribution in [0.1, 0.15) is 24.2 Å². The number of sulfonamides is 1. The lowest BCUT2D eigenvalue weighted by molar-refractivity contribution is 0.0695. The molecule has 6 nitrogen and oxygen atoms in total. The van der Waals surface area contributed by atoms with E-state index in [-0.39, 0.29) is 18.1 Å². The molecule has 0 saturated heterocycles. The normalized spacial score (nSPS) is 11.8. The van der Waals surface area contributed by atoms with E-state index in [0.717, 1.165) is 18.2 Å². The molecule has 0 aliphatic rings. The molecule has 0 spiro atoms. The number of carboxylic acid groups (broad SMARTS) is 1. The Kier molecular flexibility index (Phi) is 4.98. The fourth-order valence-corrected chi connectivity index (χ4v) is 2.09. The molecule has 2 N–H and O–H groups in total. The summed E-state index contributed by atoms with van der Waals surface area (Å²) in [4.78, 5) is 16.4. The molecular formula is C11H14FNO5S. The molecule has 106 valence electrons. The van der Waals surface area contributed by atoms with Crippen LogP contribution in [0.25, 0.3) is 0 Å². The van der Waals surface area contributed by atoms with Crippen molar-refractivity contribution in [3.63, 3.8) is 0 Å². The van der Waals surface area contributed by atoms with E-state index in [1.807, 2.05) is 0 Å². The van der Waals surface area contributed by atoms with Crippen molar-refractivity contribution in [1.29, 1.82) is 0 Å². The Hall–Kier alpha value is -1.51. The first kappa shape index (κ1) is 15.5. The van der Waals surface area contributed by atoms with Gasteiger partial charge in [-0.1, -0.05) is 18.7 Å². The van der Waals surface area contributed by atoms with Crippen molar-refractivity contribution in [3.05, 3.63) is 29.6 Å². The number of benzene rings is 1. The topological polar surface area (TPSA) is 92.7 Å². The fraction of sp³-hybridized carbons (Fsp3) is 0.364. The predicted octanol–water partition coefficient (Wildman–Crippen LogP) is 1.39. The second-order valence-electron chi connectivity index (χ2n) is 4.24. The maximum atomic E-state index is 13.4. The molecule has 0 fully saturated rings. The summed E-state index contributed by atoms with van der Waals surface area (Å²) < 4.78 is 36.9. The molecule has 0 aliphatic heterocycles. The molecule has 0 unspecified atom stereocenters. The highest BCUT2D eigenvalue weighted by atomic mass is 32.2. The summed E-state index contributed by atoms with van der Waals surface area (Å²) in [7, 11) is -4.25. The zero-order valence-corrected chi connectivity index (χ0v) is 11.2. The lowest BCUT2D eigenvalue weighted by Crippen LogP contribution is -2.27. The Bertz CT molecular complexity index is 570. The van der Waals surface area contributed by atoms with E-state index in [0.29, 0.717) is 0 Å². The number of carboxylic acids is 1. The summed E-state index contributed by atoms with van der Waals surface area (Å²) in [5.41, 5.74) is -0.328. The third kappa shape index (κ3) is 4.27. The summed E-state index contributed by atoms with van der Waals surface area (Å²) in [6.07, 6.45) is 0. The van der Waals surface area contributed by atoms with Crippen LogP contribution in [-0.2, 0) is 14.9 Å². The third-order valence-corrected chi connectivity index (χ3v) is 3.28. The van der Waals surface area contributed by atoms with Gasteiger partial charge in [-0.2, -0.15) is 0 Å². The van der Waals surface area contributed by atoms with Gasteiger partial charge in [-0.3, -0.25) is 4.84 Å². The molecule has 0 amide bonds. The van der Waals surface area contributed by atoms with Gasteiger partial charge < -0.3 is 5.11 Å². The molecular weight excluding hydrogens is 277 g/mol. The minimum atomic E-state index is -4.25. The Balaban J connectivity index is 3.00. The van der Waals surface area contributed by atoms with Gasteiger partial charge in [0.2, 0.25) is 0 Å². The number of hydrogen-bond acceptors (Lipinski definition) is 4. The van der Waals surface area contributed by atoms with Crippen LogP contribution in [0.3, 0.4) is 0 Å². The van der Waals surface area contributed by atoms with E-state index >= 15 is 0 Å². The van der Waals surface area contributed by atoms with E-state index in [9.17, 15) is 17.6 Å². The summed E-state index contributed by atoms with van der Waals surface area (Å²) in [6.45, 7) is 3.72. The van der Waals surface area contributed by atoms with Crippen LogP contribution in [0, 0.1) is 11.7 Å². The van der Waals surface area contributed by atoms with E-state index in [1.165, 1.54) is 0 Å². The molecule has 0 radical (unpaired) electrons. The van der Waals surface area contributed by atoms with Crippen molar-refractivity contribution < 1.29 is 27.5 Å². The summed E-state index contributed by atoms with van der Waals surface area (Å²) >= 11 is 0. The van der Waals surface area contributed by atoms with E-state index < -0.39 is 26.7 Å². The molecule has 8 heteroatoms. The summed E-state index contributed by atoms with van der Waals surface area (Å²) in [6, 6.07) is 2.49. The lowest BCUT2D eigenvalue weighted by atomic mass is 10.2. The van der Waals surface area contributed by atoms with Crippen molar-refractivity contribution >= 4 is 16.0 Å². The molecule has 0 heterocycles. The van der Waals surface area contributed by atoms with Crippen LogP contribution < -0.4 is 4.89 Å². The smallest absolute Gasteiger partial charge is 0.335 e. The minimum Gasteiger partial charge on any atom is -0.478 e. The molecule has 0 atom stereocenters. The zero-order valence-electron chi connectivity index (χ0n) is 10.4. The van der Waals surface area contributed by atoms with Crippen molar-refractivity contribution in [3.8, 4) is 0 Å². The van der Waals surface area contributed by atoms with Crippen LogP contribution >= 0.6 is 0 Å². The number of carbonyl (C=O) groups is 1. The van der Waals surface area contributed by atoms with Crippen LogP contribution in [-0.4, -0.2) is 26.1 Å². The number of halogens is 1. The van der Waals surface area contributed by atoms with Crippen molar-refractivity contribution in [2.45, 2.75) is 18.7 Å². The standard InChI is InChI=1S/C11H14FNO5S/c1-7(2)6-18-13-19(16,17)10-5-8(11(14)15)3-4-9(10)12/h3-5,7,13H,6H2,1-2H3,(H,14,15). The zero-order chi connectivity index (χ0) is 14.6. The molecule has 1 rings (SSSR count). The number of aromatic carboxylic acids is 1. The van der Waals surface area contributed by atoms with E-state index in [2.05, 4.69) is 0 Å². The van der Waals surface area contributed by atoms with Gasteiger partial charge in [0.15, 0.2) is 0 Å². The van der Waals surface area contributed by atoms with Gasteiger partial charge in [0, 0.05) is 0 Å². The monoisotopic (exact) mass is 291 g/mol.